The van der Waals surface area contributed by atoms with Crippen LogP contribution in [0.2, 0.25) is 0 Å². The fraction of sp³-hybridized carbons (Fsp3) is 0.294. The Morgan fingerprint density at radius 1 is 1.05 bits per heavy atom. The number of likely N-dealkylation sites (N-methyl/N-ethyl adjacent to an activating group) is 1. The van der Waals surface area contributed by atoms with Gasteiger partial charge >= 0.3 is 0 Å². The van der Waals surface area contributed by atoms with E-state index in [1.807, 2.05) is 6.07 Å². The Hall–Kier alpha value is -0.730. The maximum atomic E-state index is 3.46. The predicted molar refractivity (Wildman–Crippen MR) is 75.7 cm³/mol. The summed E-state index contributed by atoms with van der Waals surface area (Å²) in [4.78, 5) is 2.29. The summed E-state index contributed by atoms with van der Waals surface area (Å²) in [6.07, 6.45) is 0. The molecule has 2 heteroatoms. The number of rotatable bonds is 2. The molecule has 3 rings (SSSR count). The molecule has 0 amide bonds. The molecule has 0 aromatic heterocycles. The number of hydrogen-bond donors (Lipinski definition) is 0. The van der Waals surface area contributed by atoms with Crippen molar-refractivity contribution in [2.75, 3.05) is 14.1 Å². The molecule has 0 spiro atoms. The Labute approximate surface area is 134 Å². The van der Waals surface area contributed by atoms with Crippen LogP contribution in [-0.2, 0) is 25.8 Å². The zero-order valence-electron chi connectivity index (χ0n) is 11.6. The molecule has 2 atom stereocenters. The van der Waals surface area contributed by atoms with Gasteiger partial charge in [0, 0.05) is 37.8 Å². The van der Waals surface area contributed by atoms with Gasteiger partial charge in [0.2, 0.25) is 0 Å². The van der Waals surface area contributed by atoms with Gasteiger partial charge in [0.15, 0.2) is 0 Å². The molecule has 0 fully saturated rings. The van der Waals surface area contributed by atoms with E-state index in [9.17, 15) is 0 Å². The van der Waals surface area contributed by atoms with E-state index in [0.29, 0.717) is 12.0 Å². The third kappa shape index (κ3) is 2.36. The van der Waals surface area contributed by atoms with E-state index >= 15 is 0 Å². The van der Waals surface area contributed by atoms with Crippen molar-refractivity contribution in [3.8, 4) is 11.1 Å². The zero-order valence-corrected chi connectivity index (χ0v) is 15.2. The maximum absolute atomic E-state index is 3.46. The van der Waals surface area contributed by atoms with Crippen LogP contribution in [0.3, 0.4) is 0 Å². The summed E-state index contributed by atoms with van der Waals surface area (Å²) in [5.74, 6) is 0.437. The van der Waals surface area contributed by atoms with E-state index in [1.165, 1.54) is 22.3 Å². The van der Waals surface area contributed by atoms with E-state index < -0.39 is 0 Å². The Balaban J connectivity index is 0.00000133. The molecular formula is C17H18HfN-. The van der Waals surface area contributed by atoms with Gasteiger partial charge in [-0.2, -0.15) is 24.3 Å². The fourth-order valence-corrected chi connectivity index (χ4v) is 2.91. The zero-order chi connectivity index (χ0) is 12.7. The van der Waals surface area contributed by atoms with Crippen LogP contribution in [0.25, 0.3) is 11.1 Å². The number of fused-ring (bicyclic) bond motifs is 3. The van der Waals surface area contributed by atoms with Gasteiger partial charge in [-0.3, -0.25) is 0 Å². The molecule has 0 bridgehead atoms. The van der Waals surface area contributed by atoms with Gasteiger partial charge in [-0.15, -0.1) is 11.1 Å². The molecule has 96 valence electrons. The van der Waals surface area contributed by atoms with E-state index in [1.54, 1.807) is 0 Å². The first-order valence-corrected chi connectivity index (χ1v) is 6.46. The predicted octanol–water partition coefficient (Wildman–Crippen LogP) is 3.55. The van der Waals surface area contributed by atoms with Crippen molar-refractivity contribution in [1.29, 1.82) is 0 Å². The average molecular weight is 415 g/mol. The van der Waals surface area contributed by atoms with Crippen LogP contribution in [0, 0.1) is 6.07 Å². The first-order valence-electron chi connectivity index (χ1n) is 6.46. The quantitative estimate of drug-likeness (QED) is 0.536. The van der Waals surface area contributed by atoms with E-state index in [0.717, 1.165) is 0 Å². The van der Waals surface area contributed by atoms with Crippen molar-refractivity contribution in [3.05, 3.63) is 59.7 Å². The van der Waals surface area contributed by atoms with Crippen LogP contribution < -0.4 is 0 Å². The van der Waals surface area contributed by atoms with E-state index in [2.05, 4.69) is 68.4 Å². The fourth-order valence-electron chi connectivity index (χ4n) is 2.91. The molecular weight excluding hydrogens is 397 g/mol. The Bertz CT molecular complexity index is 531. The molecule has 1 aliphatic carbocycles. The second-order valence-corrected chi connectivity index (χ2v) is 5.27. The summed E-state index contributed by atoms with van der Waals surface area (Å²) in [6.45, 7) is 2.29. The monoisotopic (exact) mass is 416 g/mol. The second kappa shape index (κ2) is 5.72. The van der Waals surface area contributed by atoms with Crippen molar-refractivity contribution in [1.82, 2.24) is 4.90 Å². The molecule has 1 nitrogen and oxygen atoms in total. The molecule has 2 aromatic carbocycles. The molecule has 2 unspecified atom stereocenters. The Morgan fingerprint density at radius 3 is 2.47 bits per heavy atom. The number of nitrogens with zero attached hydrogens (tertiary/aromatic N) is 1. The van der Waals surface area contributed by atoms with Crippen LogP contribution in [0.1, 0.15) is 24.0 Å². The van der Waals surface area contributed by atoms with Crippen molar-refractivity contribution in [2.45, 2.75) is 18.9 Å². The normalized spacial score (nSPS) is 17.6. The number of benzene rings is 2. The summed E-state index contributed by atoms with van der Waals surface area (Å²) in [5.41, 5.74) is 5.52. The maximum Gasteiger partial charge on any atom is 0.0150 e. The molecule has 0 aliphatic heterocycles. The molecule has 2 aromatic rings. The van der Waals surface area contributed by atoms with E-state index in [4.69, 9.17) is 0 Å². The third-order valence-electron chi connectivity index (χ3n) is 4.08. The first-order chi connectivity index (χ1) is 8.70. The van der Waals surface area contributed by atoms with Gasteiger partial charge < -0.3 is 4.90 Å². The smallest absolute Gasteiger partial charge is 0.0150 e. The van der Waals surface area contributed by atoms with Gasteiger partial charge in [-0.25, -0.2) is 0 Å². The van der Waals surface area contributed by atoms with Crippen molar-refractivity contribution < 1.29 is 25.8 Å². The Morgan fingerprint density at radius 2 is 1.74 bits per heavy atom. The summed E-state index contributed by atoms with van der Waals surface area (Å²) < 4.78 is 0. The second-order valence-electron chi connectivity index (χ2n) is 5.27. The SMILES string of the molecule is CC(C1c2[c-]cccc2-c2ccccc21)N(C)C.[Hf]. The molecule has 19 heavy (non-hydrogen) atoms. The first kappa shape index (κ1) is 14.7. The molecule has 0 saturated carbocycles. The van der Waals surface area contributed by atoms with Gasteiger partial charge in [-0.1, -0.05) is 29.8 Å². The molecule has 0 saturated heterocycles. The molecule has 0 radical (unpaired) electrons. The molecule has 1 aliphatic rings. The van der Waals surface area contributed by atoms with Crippen molar-refractivity contribution >= 4 is 0 Å². The third-order valence-corrected chi connectivity index (χ3v) is 4.08. The molecule has 0 N–H and O–H groups in total. The topological polar surface area (TPSA) is 3.24 Å². The van der Waals surface area contributed by atoms with Crippen LogP contribution in [0.15, 0.2) is 42.5 Å². The van der Waals surface area contributed by atoms with Crippen molar-refractivity contribution in [2.24, 2.45) is 0 Å². The largest absolute Gasteiger partial charge is 0.306 e. The number of hydrogen-bond acceptors (Lipinski definition) is 1. The van der Waals surface area contributed by atoms with Gasteiger partial charge in [0.05, 0.1) is 0 Å². The summed E-state index contributed by atoms with van der Waals surface area (Å²) in [7, 11) is 4.29. The van der Waals surface area contributed by atoms with Gasteiger partial charge in [-0.05, 0) is 26.6 Å². The summed E-state index contributed by atoms with van der Waals surface area (Å²) >= 11 is 0. The van der Waals surface area contributed by atoms with E-state index in [-0.39, 0.29) is 25.8 Å². The minimum Gasteiger partial charge on any atom is -0.306 e. The van der Waals surface area contributed by atoms with Gasteiger partial charge in [0.25, 0.3) is 0 Å². The Kier molecular flexibility index (Phi) is 4.42. The average Bonchev–Trinajstić information content (AvgIpc) is 2.72. The van der Waals surface area contributed by atoms with Crippen molar-refractivity contribution in [3.63, 3.8) is 0 Å². The van der Waals surface area contributed by atoms with Gasteiger partial charge in [0.1, 0.15) is 0 Å². The summed E-state index contributed by atoms with van der Waals surface area (Å²) in [6, 6.07) is 19.0. The van der Waals surface area contributed by atoms with Crippen LogP contribution in [0.4, 0.5) is 0 Å². The minimum absolute atomic E-state index is 0. The van der Waals surface area contributed by atoms with Crippen LogP contribution in [-0.4, -0.2) is 25.0 Å². The summed E-state index contributed by atoms with van der Waals surface area (Å²) in [5, 5.41) is 0. The van der Waals surface area contributed by atoms with Crippen LogP contribution in [0.5, 0.6) is 0 Å². The van der Waals surface area contributed by atoms with Crippen LogP contribution >= 0.6 is 0 Å². The minimum atomic E-state index is 0. The standard InChI is InChI=1S/C17H18N.Hf/c1-12(18(2)3)17-15-10-6-4-8-13(15)14-9-5-7-11-16(14)17;/h4-10,12,17H,1-3H3;/q-1;. The molecule has 0 heterocycles.